The zero-order chi connectivity index (χ0) is 15.3. The van der Waals surface area contributed by atoms with Crippen LogP contribution in [0.5, 0.6) is 0 Å². The Morgan fingerprint density at radius 1 is 1.38 bits per heavy atom. The highest BCUT2D eigenvalue weighted by Crippen LogP contribution is 2.11. The molecule has 1 unspecified atom stereocenters. The molecular formula is C14H24N4O2S. The van der Waals surface area contributed by atoms with Crippen molar-refractivity contribution in [2.75, 3.05) is 26.2 Å². The second kappa shape index (κ2) is 7.31. The van der Waals surface area contributed by atoms with Crippen LogP contribution in [0.4, 0.5) is 0 Å². The number of pyridine rings is 1. The highest BCUT2D eigenvalue weighted by atomic mass is 32.2. The molecule has 1 aliphatic rings. The molecule has 0 radical (unpaired) electrons. The van der Waals surface area contributed by atoms with E-state index in [1.54, 1.807) is 6.07 Å². The largest absolute Gasteiger partial charge is 0.326 e. The van der Waals surface area contributed by atoms with Gasteiger partial charge in [0.05, 0.1) is 0 Å². The van der Waals surface area contributed by atoms with E-state index < -0.39 is 10.0 Å². The van der Waals surface area contributed by atoms with E-state index in [4.69, 9.17) is 5.73 Å². The standard InChI is InChI=1S/C14H24N4O2S/c1-12(11-18-6-2-3-7-18)9-17-21(19,20)14-5-4-13(8-15)10-16-14/h4-5,10,12,17H,2-3,6-9,11,15H2,1H3. The fourth-order valence-electron chi connectivity index (χ4n) is 2.49. The Morgan fingerprint density at radius 3 is 2.67 bits per heavy atom. The van der Waals surface area contributed by atoms with Crippen LogP contribution in [-0.2, 0) is 16.6 Å². The molecule has 1 fully saturated rings. The van der Waals surface area contributed by atoms with Gasteiger partial charge >= 0.3 is 0 Å². The van der Waals surface area contributed by atoms with Gasteiger partial charge in [-0.05, 0) is 43.5 Å². The molecule has 21 heavy (non-hydrogen) atoms. The van der Waals surface area contributed by atoms with Gasteiger partial charge in [-0.25, -0.2) is 18.1 Å². The van der Waals surface area contributed by atoms with Crippen LogP contribution >= 0.6 is 0 Å². The van der Waals surface area contributed by atoms with Crippen LogP contribution < -0.4 is 10.5 Å². The maximum Gasteiger partial charge on any atom is 0.258 e. The van der Waals surface area contributed by atoms with Gasteiger partial charge in [-0.3, -0.25) is 0 Å². The molecule has 0 amide bonds. The highest BCUT2D eigenvalue weighted by molar-refractivity contribution is 7.89. The second-order valence-electron chi connectivity index (χ2n) is 5.67. The third-order valence-electron chi connectivity index (χ3n) is 3.70. The fourth-order valence-corrected chi connectivity index (χ4v) is 3.58. The van der Waals surface area contributed by atoms with E-state index in [9.17, 15) is 8.42 Å². The van der Waals surface area contributed by atoms with Crippen LogP contribution in [0.15, 0.2) is 23.4 Å². The zero-order valence-electron chi connectivity index (χ0n) is 12.5. The average Bonchev–Trinajstić information content (AvgIpc) is 2.98. The fraction of sp³-hybridized carbons (Fsp3) is 0.643. The number of aromatic nitrogens is 1. The van der Waals surface area contributed by atoms with E-state index >= 15 is 0 Å². The van der Waals surface area contributed by atoms with Crippen LogP contribution in [0.3, 0.4) is 0 Å². The first kappa shape index (κ1) is 16.4. The molecule has 118 valence electrons. The molecule has 0 bridgehead atoms. The quantitative estimate of drug-likeness (QED) is 0.767. The summed E-state index contributed by atoms with van der Waals surface area (Å²) in [6.45, 7) is 6.03. The van der Waals surface area contributed by atoms with E-state index in [-0.39, 0.29) is 10.9 Å². The van der Waals surface area contributed by atoms with E-state index in [2.05, 4.69) is 21.5 Å². The first-order valence-corrected chi connectivity index (χ1v) is 8.86. The summed E-state index contributed by atoms with van der Waals surface area (Å²) >= 11 is 0. The van der Waals surface area contributed by atoms with Crippen molar-refractivity contribution in [3.05, 3.63) is 23.9 Å². The topological polar surface area (TPSA) is 88.3 Å². The molecule has 0 aromatic carbocycles. The van der Waals surface area contributed by atoms with E-state index in [1.807, 2.05) is 0 Å². The Bertz CT molecular complexity index is 539. The van der Waals surface area contributed by atoms with Crippen molar-refractivity contribution in [3.63, 3.8) is 0 Å². The first-order chi connectivity index (χ1) is 10.0. The van der Waals surface area contributed by atoms with Crippen LogP contribution in [0.2, 0.25) is 0 Å². The van der Waals surface area contributed by atoms with Gasteiger partial charge in [-0.15, -0.1) is 0 Å². The van der Waals surface area contributed by atoms with E-state index in [1.165, 1.54) is 25.1 Å². The minimum atomic E-state index is -3.53. The summed E-state index contributed by atoms with van der Waals surface area (Å²) in [4.78, 5) is 6.34. The minimum absolute atomic E-state index is 0.0491. The van der Waals surface area contributed by atoms with Gasteiger partial charge in [-0.1, -0.05) is 13.0 Å². The maximum absolute atomic E-state index is 12.2. The van der Waals surface area contributed by atoms with Crippen molar-refractivity contribution in [2.24, 2.45) is 11.7 Å². The number of nitrogens with one attached hydrogen (secondary N) is 1. The lowest BCUT2D eigenvalue weighted by molar-refractivity contribution is 0.288. The van der Waals surface area contributed by atoms with Gasteiger partial charge in [0.1, 0.15) is 0 Å². The molecule has 6 nitrogen and oxygen atoms in total. The smallest absolute Gasteiger partial charge is 0.258 e. The lowest BCUT2D eigenvalue weighted by Crippen LogP contribution is -2.34. The first-order valence-electron chi connectivity index (χ1n) is 7.38. The summed E-state index contributed by atoms with van der Waals surface area (Å²) in [6, 6.07) is 3.19. The average molecular weight is 312 g/mol. The maximum atomic E-state index is 12.2. The summed E-state index contributed by atoms with van der Waals surface area (Å²) in [5.74, 6) is 0.279. The molecule has 7 heteroatoms. The number of hydrogen-bond donors (Lipinski definition) is 2. The van der Waals surface area contributed by atoms with Gasteiger partial charge in [0.2, 0.25) is 0 Å². The van der Waals surface area contributed by atoms with Crippen molar-refractivity contribution < 1.29 is 8.42 Å². The predicted molar refractivity (Wildman–Crippen MR) is 82.2 cm³/mol. The summed E-state index contributed by atoms with van der Waals surface area (Å²) in [5, 5.41) is 0.0491. The Labute approximate surface area is 126 Å². The van der Waals surface area contributed by atoms with Gasteiger partial charge in [-0.2, -0.15) is 0 Å². The summed E-state index contributed by atoms with van der Waals surface area (Å²) < 4.78 is 26.9. The van der Waals surface area contributed by atoms with Crippen LogP contribution in [-0.4, -0.2) is 44.5 Å². The molecule has 1 aromatic rings. The zero-order valence-corrected chi connectivity index (χ0v) is 13.3. The molecule has 1 aromatic heterocycles. The number of nitrogens with zero attached hydrogens (tertiary/aromatic N) is 2. The number of nitrogens with two attached hydrogens (primary N) is 1. The van der Waals surface area contributed by atoms with Crippen LogP contribution in [0.25, 0.3) is 0 Å². The van der Waals surface area contributed by atoms with Crippen LogP contribution in [0, 0.1) is 5.92 Å². The molecule has 1 atom stereocenters. The molecule has 3 N–H and O–H groups in total. The highest BCUT2D eigenvalue weighted by Gasteiger charge is 2.19. The Hall–Kier alpha value is -1.02. The molecule has 0 saturated carbocycles. The van der Waals surface area contributed by atoms with Gasteiger partial charge < -0.3 is 10.6 Å². The Morgan fingerprint density at radius 2 is 2.10 bits per heavy atom. The molecule has 2 rings (SSSR count). The summed E-state index contributed by atoms with van der Waals surface area (Å²) in [7, 11) is -3.53. The van der Waals surface area contributed by atoms with E-state index in [0.717, 1.165) is 25.2 Å². The number of likely N-dealkylation sites (tertiary alicyclic amines) is 1. The normalized spacial score (nSPS) is 18.0. The van der Waals surface area contributed by atoms with Gasteiger partial charge in [0.15, 0.2) is 5.03 Å². The number of hydrogen-bond acceptors (Lipinski definition) is 5. The monoisotopic (exact) mass is 312 g/mol. The SMILES string of the molecule is CC(CNS(=O)(=O)c1ccc(CN)cn1)CN1CCCC1. The van der Waals surface area contributed by atoms with Gasteiger partial charge in [0, 0.05) is 25.8 Å². The lowest BCUT2D eigenvalue weighted by Gasteiger charge is -2.20. The molecule has 2 heterocycles. The Balaban J connectivity index is 1.87. The number of sulfonamides is 1. The van der Waals surface area contributed by atoms with Crippen molar-refractivity contribution >= 4 is 10.0 Å². The Kier molecular flexibility index (Phi) is 5.69. The van der Waals surface area contributed by atoms with Crippen molar-refractivity contribution in [3.8, 4) is 0 Å². The summed E-state index contributed by atoms with van der Waals surface area (Å²) in [5.41, 5.74) is 6.29. The lowest BCUT2D eigenvalue weighted by atomic mass is 10.2. The minimum Gasteiger partial charge on any atom is -0.326 e. The van der Waals surface area contributed by atoms with Crippen molar-refractivity contribution in [1.82, 2.24) is 14.6 Å². The third kappa shape index (κ3) is 4.74. The van der Waals surface area contributed by atoms with Crippen molar-refractivity contribution in [2.45, 2.75) is 31.3 Å². The summed E-state index contributed by atoms with van der Waals surface area (Å²) in [6.07, 6.45) is 3.99. The molecule has 1 aliphatic heterocycles. The molecular weight excluding hydrogens is 288 g/mol. The van der Waals surface area contributed by atoms with Crippen molar-refractivity contribution in [1.29, 1.82) is 0 Å². The predicted octanol–water partition coefficient (Wildman–Crippen LogP) is 0.551. The van der Waals surface area contributed by atoms with Crippen LogP contribution in [0.1, 0.15) is 25.3 Å². The molecule has 1 saturated heterocycles. The van der Waals surface area contributed by atoms with E-state index in [0.29, 0.717) is 13.1 Å². The van der Waals surface area contributed by atoms with Gasteiger partial charge in [0.25, 0.3) is 10.0 Å². The molecule has 0 aliphatic carbocycles. The second-order valence-corrected chi connectivity index (χ2v) is 7.39. The number of rotatable bonds is 7. The third-order valence-corrected chi connectivity index (χ3v) is 5.04. The molecule has 0 spiro atoms.